The molecule has 8 rings (SSSR count). The molecular weight excluding hydrogens is 654 g/mol. The van der Waals surface area contributed by atoms with Gasteiger partial charge < -0.3 is 14.6 Å². The van der Waals surface area contributed by atoms with E-state index in [4.69, 9.17) is 9.47 Å². The Morgan fingerprint density at radius 1 is 0.827 bits per heavy atom. The topological polar surface area (TPSA) is 110 Å². The predicted octanol–water partition coefficient (Wildman–Crippen LogP) is 7.11. The van der Waals surface area contributed by atoms with Crippen molar-refractivity contribution in [3.05, 3.63) is 113 Å². The maximum absolute atomic E-state index is 15.1. The van der Waals surface area contributed by atoms with Crippen LogP contribution >= 0.6 is 0 Å². The summed E-state index contributed by atoms with van der Waals surface area (Å²) < 4.78 is 10.9. The maximum atomic E-state index is 15.1. The minimum atomic E-state index is -1.30. The Morgan fingerprint density at radius 3 is 2.13 bits per heavy atom. The highest BCUT2D eigenvalue weighted by atomic mass is 16.5. The van der Waals surface area contributed by atoms with Gasteiger partial charge in [-0.2, -0.15) is 0 Å². The number of hydrogen-bond acceptors (Lipinski definition) is 7. The summed E-state index contributed by atoms with van der Waals surface area (Å²) in [7, 11) is 2.93. The van der Waals surface area contributed by atoms with E-state index < -0.39 is 35.0 Å². The highest BCUT2D eigenvalue weighted by Gasteiger charge is 2.65. The van der Waals surface area contributed by atoms with Gasteiger partial charge in [-0.1, -0.05) is 104 Å². The Hall–Kier alpha value is -5.24. The van der Waals surface area contributed by atoms with Crippen LogP contribution in [0, 0.1) is 29.6 Å². The van der Waals surface area contributed by atoms with Gasteiger partial charge in [-0.15, -0.1) is 0 Å². The highest BCUT2D eigenvalue weighted by Crippen LogP contribution is 2.61. The molecule has 266 valence electrons. The van der Waals surface area contributed by atoms with E-state index in [1.807, 2.05) is 72.8 Å². The molecule has 1 N–H and O–H groups in total. The van der Waals surface area contributed by atoms with Crippen molar-refractivity contribution >= 4 is 35.0 Å². The number of benzene rings is 3. The third-order valence-corrected chi connectivity index (χ3v) is 12.4. The van der Waals surface area contributed by atoms with Crippen LogP contribution in [0.1, 0.15) is 61.6 Å². The number of likely N-dealkylation sites (tertiary alicyclic amines) is 1. The number of nitrogens with zero attached hydrogens (tertiary/aromatic N) is 1. The predicted molar refractivity (Wildman–Crippen MR) is 196 cm³/mol. The number of ether oxygens (including phenoxy) is 2. The molecule has 3 fully saturated rings. The van der Waals surface area contributed by atoms with Crippen molar-refractivity contribution in [3.63, 3.8) is 0 Å². The van der Waals surface area contributed by atoms with Crippen LogP contribution in [0.3, 0.4) is 0 Å². The van der Waals surface area contributed by atoms with E-state index in [1.54, 1.807) is 17.0 Å². The van der Waals surface area contributed by atoms with Crippen LogP contribution in [0.5, 0.6) is 17.2 Å². The molecule has 3 aromatic rings. The summed E-state index contributed by atoms with van der Waals surface area (Å²) in [4.78, 5) is 60.4. The van der Waals surface area contributed by atoms with Crippen molar-refractivity contribution < 1.29 is 33.8 Å². The van der Waals surface area contributed by atoms with E-state index in [-0.39, 0.29) is 53.1 Å². The Morgan fingerprint density at radius 2 is 1.48 bits per heavy atom. The number of Topliss-reactive ketones (excluding diaryl/α,β-unsaturated/α-hetero) is 1. The smallest absolute Gasteiger partial charge is 0.233 e. The van der Waals surface area contributed by atoms with E-state index in [2.05, 4.69) is 6.08 Å². The molecule has 6 atom stereocenters. The van der Waals surface area contributed by atoms with Gasteiger partial charge in [-0.3, -0.25) is 24.1 Å². The number of allylic oxidation sites excluding steroid dienone is 5. The summed E-state index contributed by atoms with van der Waals surface area (Å²) in [6.07, 6.45) is 12.9. The molecular formula is C44H43NO7. The first-order valence-electron chi connectivity index (χ1n) is 18.4. The number of carbonyl (C=O) groups is 4. The first-order chi connectivity index (χ1) is 25.3. The van der Waals surface area contributed by atoms with Crippen molar-refractivity contribution in [2.75, 3.05) is 14.2 Å². The van der Waals surface area contributed by atoms with E-state index in [9.17, 15) is 14.7 Å². The minimum Gasteiger partial charge on any atom is -0.502 e. The molecule has 1 heterocycles. The third kappa shape index (κ3) is 5.17. The van der Waals surface area contributed by atoms with Gasteiger partial charge in [0, 0.05) is 23.5 Å². The van der Waals surface area contributed by atoms with Crippen molar-refractivity contribution in [2.24, 2.45) is 29.6 Å². The van der Waals surface area contributed by atoms with Gasteiger partial charge in [0.2, 0.25) is 17.6 Å². The van der Waals surface area contributed by atoms with Gasteiger partial charge in [0.25, 0.3) is 0 Å². The van der Waals surface area contributed by atoms with Gasteiger partial charge in [-0.05, 0) is 66.5 Å². The Kier molecular flexibility index (Phi) is 8.72. The number of amides is 2. The molecule has 0 bridgehead atoms. The second-order valence-electron chi connectivity index (χ2n) is 14.8. The fourth-order valence-electron chi connectivity index (χ4n) is 10.1. The average molecular weight is 698 g/mol. The van der Waals surface area contributed by atoms with E-state index in [0.717, 1.165) is 43.2 Å². The van der Waals surface area contributed by atoms with Gasteiger partial charge >= 0.3 is 0 Å². The number of aromatic hydroxyl groups is 1. The van der Waals surface area contributed by atoms with E-state index in [0.29, 0.717) is 23.1 Å². The second kappa shape index (κ2) is 13.4. The molecule has 8 heteroatoms. The second-order valence-corrected chi connectivity index (χ2v) is 14.8. The van der Waals surface area contributed by atoms with Gasteiger partial charge in [0.1, 0.15) is 0 Å². The van der Waals surface area contributed by atoms with E-state index in [1.165, 1.54) is 20.3 Å². The monoisotopic (exact) mass is 697 g/mol. The zero-order chi connectivity index (χ0) is 36.1. The largest absolute Gasteiger partial charge is 0.502 e. The quantitative estimate of drug-likeness (QED) is 0.207. The Balaban J connectivity index is 1.32. The SMILES string of the molecule is COc1cc(C=CC2C3=CCC4C(=O)N(C5CCCCC5)C(=O)C4C3CC3C(=O)C(c4ccccc4)=CC(=O)C23c2ccccc2)cc(OC)c1O. The maximum Gasteiger partial charge on any atom is 0.233 e. The summed E-state index contributed by atoms with van der Waals surface area (Å²) in [5, 5.41) is 10.6. The molecule has 2 saturated carbocycles. The molecule has 0 aromatic heterocycles. The van der Waals surface area contributed by atoms with Gasteiger partial charge in [0.05, 0.1) is 31.5 Å². The normalized spacial score (nSPS) is 29.0. The summed E-state index contributed by atoms with van der Waals surface area (Å²) >= 11 is 0. The lowest BCUT2D eigenvalue weighted by molar-refractivity contribution is -0.144. The summed E-state index contributed by atoms with van der Waals surface area (Å²) in [5.41, 5.74) is 2.05. The van der Waals surface area contributed by atoms with Crippen molar-refractivity contribution in [3.8, 4) is 17.2 Å². The fourth-order valence-corrected chi connectivity index (χ4v) is 10.1. The number of fused-ring (bicyclic) bond motifs is 4. The zero-order valence-electron chi connectivity index (χ0n) is 29.5. The van der Waals surface area contributed by atoms with Crippen molar-refractivity contribution in [2.45, 2.75) is 56.4 Å². The van der Waals surface area contributed by atoms with Crippen LogP contribution in [-0.4, -0.2) is 53.6 Å². The fraction of sp³-hybridized carbons (Fsp3) is 0.364. The zero-order valence-corrected chi connectivity index (χ0v) is 29.5. The minimum absolute atomic E-state index is 0.0875. The number of rotatable bonds is 7. The van der Waals surface area contributed by atoms with Crippen LogP contribution in [-0.2, 0) is 24.6 Å². The van der Waals surface area contributed by atoms with Gasteiger partial charge in [-0.25, -0.2) is 0 Å². The third-order valence-electron chi connectivity index (χ3n) is 12.4. The molecule has 8 nitrogen and oxygen atoms in total. The Labute approximate surface area is 303 Å². The summed E-state index contributed by atoms with van der Waals surface area (Å²) in [6.45, 7) is 0. The number of ketones is 2. The van der Waals surface area contributed by atoms with Crippen LogP contribution in [0.2, 0.25) is 0 Å². The number of hydrogen-bond donors (Lipinski definition) is 1. The first-order valence-corrected chi connectivity index (χ1v) is 18.4. The number of methoxy groups -OCH3 is 2. The lowest BCUT2D eigenvalue weighted by Crippen LogP contribution is -2.59. The van der Waals surface area contributed by atoms with Crippen LogP contribution in [0.15, 0.2) is 96.6 Å². The molecule has 2 amide bonds. The van der Waals surface area contributed by atoms with Crippen LogP contribution in [0.4, 0.5) is 0 Å². The lowest BCUT2D eigenvalue weighted by atomic mass is 9.45. The molecule has 0 spiro atoms. The highest BCUT2D eigenvalue weighted by molar-refractivity contribution is 6.31. The molecule has 5 aliphatic rings. The number of imide groups is 1. The number of phenolic OH excluding ortho intramolecular Hbond substituents is 1. The standard InChI is InChI=1S/C44H43NO7/c1-51-36-22-26(23-37(52-2)41(36)48)18-21-34-30-19-20-31-39(43(50)45(42(31)49)29-16-10-5-11-17-29)33(30)24-35-40(47)32(27-12-6-3-7-13-27)25-38(46)44(34,35)28-14-8-4-9-15-28/h3-4,6-9,12-15,18-19,21-23,25,29,31,33-35,39,48H,5,10-11,16-17,20,24H2,1-2H3. The van der Waals surface area contributed by atoms with Crippen molar-refractivity contribution in [1.29, 1.82) is 0 Å². The lowest BCUT2D eigenvalue weighted by Gasteiger charge is -2.54. The first kappa shape index (κ1) is 33.9. The average Bonchev–Trinajstić information content (AvgIpc) is 3.44. The summed E-state index contributed by atoms with van der Waals surface area (Å²) in [5.74, 6) is -3.10. The van der Waals surface area contributed by atoms with Gasteiger partial charge in [0.15, 0.2) is 23.1 Å². The number of phenols is 1. The summed E-state index contributed by atoms with van der Waals surface area (Å²) in [6, 6.07) is 22.1. The Bertz CT molecular complexity index is 2000. The van der Waals surface area contributed by atoms with E-state index >= 15 is 9.59 Å². The molecule has 52 heavy (non-hydrogen) atoms. The molecule has 1 saturated heterocycles. The number of carbonyl (C=O) groups excluding carboxylic acids is 4. The molecule has 1 aliphatic heterocycles. The van der Waals surface area contributed by atoms with Crippen molar-refractivity contribution in [1.82, 2.24) is 4.90 Å². The van der Waals surface area contributed by atoms with Crippen LogP contribution < -0.4 is 9.47 Å². The van der Waals surface area contributed by atoms with Crippen LogP contribution in [0.25, 0.3) is 11.6 Å². The molecule has 0 radical (unpaired) electrons. The molecule has 6 unspecified atom stereocenters. The molecule has 3 aromatic carbocycles. The molecule has 4 aliphatic carbocycles.